The van der Waals surface area contributed by atoms with Gasteiger partial charge < -0.3 is 5.32 Å². The number of amides is 1. The summed E-state index contributed by atoms with van der Waals surface area (Å²) in [5.74, 6) is 0.677. The van der Waals surface area contributed by atoms with Crippen molar-refractivity contribution in [1.29, 1.82) is 0 Å². The molecule has 0 aliphatic carbocycles. The van der Waals surface area contributed by atoms with E-state index in [9.17, 15) is 9.59 Å². The standard InChI is InChI=1S/C25H31N3O2S/c1-18(2)15-16-28-24(30)21-11-7-8-12-22(21)27-25(28)31-17-23(29)26-19(3)13-14-20-9-5-4-6-10-20/h4-12,18-19H,13-17H2,1-3H3,(H,26,29)/t19-/m1/s1. The summed E-state index contributed by atoms with van der Waals surface area (Å²) in [4.78, 5) is 30.2. The smallest absolute Gasteiger partial charge is 0.262 e. The fourth-order valence-corrected chi connectivity index (χ4v) is 4.23. The van der Waals surface area contributed by atoms with Gasteiger partial charge in [0.05, 0.1) is 16.7 Å². The van der Waals surface area contributed by atoms with Gasteiger partial charge in [-0.25, -0.2) is 4.98 Å². The van der Waals surface area contributed by atoms with Gasteiger partial charge in [-0.3, -0.25) is 14.2 Å². The van der Waals surface area contributed by atoms with Crippen molar-refractivity contribution in [2.45, 2.75) is 57.8 Å². The van der Waals surface area contributed by atoms with Crippen molar-refractivity contribution in [3.63, 3.8) is 0 Å². The molecule has 1 N–H and O–H groups in total. The quantitative estimate of drug-likeness (QED) is 0.370. The van der Waals surface area contributed by atoms with Crippen LogP contribution in [0.25, 0.3) is 10.9 Å². The molecule has 6 heteroatoms. The van der Waals surface area contributed by atoms with E-state index in [1.54, 1.807) is 4.57 Å². The van der Waals surface area contributed by atoms with Crippen LogP contribution in [0.1, 0.15) is 39.2 Å². The summed E-state index contributed by atoms with van der Waals surface area (Å²) in [6.45, 7) is 6.90. The molecule has 164 valence electrons. The molecule has 1 atom stereocenters. The number of carbonyl (C=O) groups excluding carboxylic acids is 1. The van der Waals surface area contributed by atoms with E-state index in [1.165, 1.54) is 17.3 Å². The molecule has 3 aromatic rings. The maximum Gasteiger partial charge on any atom is 0.262 e. The third-order valence-corrected chi connectivity index (χ3v) is 6.18. The van der Waals surface area contributed by atoms with Crippen molar-refractivity contribution in [2.75, 3.05) is 5.75 Å². The molecule has 0 fully saturated rings. The maximum atomic E-state index is 13.0. The Balaban J connectivity index is 1.64. The fourth-order valence-electron chi connectivity index (χ4n) is 3.39. The van der Waals surface area contributed by atoms with Gasteiger partial charge in [-0.15, -0.1) is 0 Å². The molecular formula is C25H31N3O2S. The zero-order valence-corrected chi connectivity index (χ0v) is 19.3. The molecule has 2 aromatic carbocycles. The summed E-state index contributed by atoms with van der Waals surface area (Å²) in [5, 5.41) is 4.29. The van der Waals surface area contributed by atoms with Crippen molar-refractivity contribution in [2.24, 2.45) is 5.92 Å². The van der Waals surface area contributed by atoms with Crippen LogP contribution in [-0.4, -0.2) is 27.3 Å². The monoisotopic (exact) mass is 437 g/mol. The number of carbonyl (C=O) groups is 1. The molecule has 1 heterocycles. The van der Waals surface area contributed by atoms with Crippen LogP contribution in [0.2, 0.25) is 0 Å². The summed E-state index contributed by atoms with van der Waals surface area (Å²) in [7, 11) is 0. The van der Waals surface area contributed by atoms with Crippen LogP contribution in [0.4, 0.5) is 0 Å². The van der Waals surface area contributed by atoms with Crippen LogP contribution in [0.3, 0.4) is 0 Å². The molecule has 1 aromatic heterocycles. The van der Waals surface area contributed by atoms with Gasteiger partial charge >= 0.3 is 0 Å². The lowest BCUT2D eigenvalue weighted by atomic mass is 10.1. The Labute approximate surface area is 188 Å². The first-order valence-corrected chi connectivity index (χ1v) is 11.9. The molecule has 0 unspecified atom stereocenters. The average Bonchev–Trinajstić information content (AvgIpc) is 2.76. The highest BCUT2D eigenvalue weighted by atomic mass is 32.2. The van der Waals surface area contributed by atoms with E-state index in [0.29, 0.717) is 28.5 Å². The van der Waals surface area contributed by atoms with Crippen molar-refractivity contribution in [1.82, 2.24) is 14.9 Å². The topological polar surface area (TPSA) is 64.0 Å². The summed E-state index contributed by atoms with van der Waals surface area (Å²) in [6, 6.07) is 17.8. The Kier molecular flexibility index (Phi) is 8.29. The highest BCUT2D eigenvalue weighted by Crippen LogP contribution is 2.19. The number of para-hydroxylation sites is 1. The molecule has 0 bridgehead atoms. The Morgan fingerprint density at radius 2 is 1.74 bits per heavy atom. The lowest BCUT2D eigenvalue weighted by Gasteiger charge is -2.16. The first-order valence-electron chi connectivity index (χ1n) is 10.9. The summed E-state index contributed by atoms with van der Waals surface area (Å²) in [5.41, 5.74) is 1.91. The number of fused-ring (bicyclic) bond motifs is 1. The second-order valence-electron chi connectivity index (χ2n) is 8.33. The lowest BCUT2D eigenvalue weighted by molar-refractivity contribution is -0.119. The van der Waals surface area contributed by atoms with Gasteiger partial charge in [-0.1, -0.05) is 68.1 Å². The number of aromatic nitrogens is 2. The number of aryl methyl sites for hydroxylation is 1. The second-order valence-corrected chi connectivity index (χ2v) is 9.27. The van der Waals surface area contributed by atoms with E-state index in [4.69, 9.17) is 0 Å². The number of hydrogen-bond donors (Lipinski definition) is 1. The van der Waals surface area contributed by atoms with Crippen LogP contribution in [-0.2, 0) is 17.8 Å². The largest absolute Gasteiger partial charge is 0.353 e. The van der Waals surface area contributed by atoms with Gasteiger partial charge in [0, 0.05) is 12.6 Å². The van der Waals surface area contributed by atoms with Crippen molar-refractivity contribution < 1.29 is 4.79 Å². The van der Waals surface area contributed by atoms with E-state index in [0.717, 1.165) is 19.3 Å². The third-order valence-electron chi connectivity index (χ3n) is 5.21. The molecule has 31 heavy (non-hydrogen) atoms. The Hall–Kier alpha value is -2.60. The second kappa shape index (κ2) is 11.1. The van der Waals surface area contributed by atoms with E-state index < -0.39 is 0 Å². The molecule has 5 nitrogen and oxygen atoms in total. The predicted octanol–water partition coefficient (Wildman–Crippen LogP) is 4.67. The van der Waals surface area contributed by atoms with Gasteiger partial charge in [-0.05, 0) is 49.8 Å². The van der Waals surface area contributed by atoms with Crippen molar-refractivity contribution in [3.05, 3.63) is 70.5 Å². The van der Waals surface area contributed by atoms with Crippen LogP contribution < -0.4 is 10.9 Å². The first kappa shape index (κ1) is 23.1. The van der Waals surface area contributed by atoms with Gasteiger partial charge in [0.2, 0.25) is 5.91 Å². The molecule has 0 aliphatic rings. The van der Waals surface area contributed by atoms with Crippen LogP contribution in [0.5, 0.6) is 0 Å². The van der Waals surface area contributed by atoms with E-state index in [-0.39, 0.29) is 23.3 Å². The van der Waals surface area contributed by atoms with Gasteiger partial charge in [0.25, 0.3) is 5.56 Å². The minimum absolute atomic E-state index is 0.0367. The number of hydrogen-bond acceptors (Lipinski definition) is 4. The Morgan fingerprint density at radius 1 is 1.03 bits per heavy atom. The summed E-state index contributed by atoms with van der Waals surface area (Å²) in [6.07, 6.45) is 2.69. The highest BCUT2D eigenvalue weighted by molar-refractivity contribution is 7.99. The predicted molar refractivity (Wildman–Crippen MR) is 129 cm³/mol. The number of benzene rings is 2. The van der Waals surface area contributed by atoms with Gasteiger partial charge in [-0.2, -0.15) is 0 Å². The van der Waals surface area contributed by atoms with Crippen LogP contribution >= 0.6 is 11.8 Å². The number of thioether (sulfide) groups is 1. The molecule has 0 spiro atoms. The molecule has 0 aliphatic heterocycles. The van der Waals surface area contributed by atoms with Crippen LogP contribution in [0.15, 0.2) is 64.5 Å². The Bertz CT molecular complexity index is 1060. The minimum Gasteiger partial charge on any atom is -0.353 e. The average molecular weight is 438 g/mol. The Morgan fingerprint density at radius 3 is 2.48 bits per heavy atom. The molecule has 3 rings (SSSR count). The summed E-state index contributed by atoms with van der Waals surface area (Å²) >= 11 is 1.33. The zero-order chi connectivity index (χ0) is 22.2. The molecule has 0 saturated heterocycles. The highest BCUT2D eigenvalue weighted by Gasteiger charge is 2.14. The minimum atomic E-state index is -0.0385. The number of nitrogens with zero attached hydrogens (tertiary/aromatic N) is 2. The van der Waals surface area contributed by atoms with E-state index in [2.05, 4.69) is 36.3 Å². The first-order chi connectivity index (χ1) is 14.9. The molecule has 0 radical (unpaired) electrons. The number of rotatable bonds is 10. The number of nitrogens with one attached hydrogen (secondary N) is 1. The molecule has 1 amide bonds. The lowest BCUT2D eigenvalue weighted by Crippen LogP contribution is -2.34. The third kappa shape index (κ3) is 6.69. The van der Waals surface area contributed by atoms with E-state index >= 15 is 0 Å². The molecular weight excluding hydrogens is 406 g/mol. The van der Waals surface area contributed by atoms with Gasteiger partial charge in [0.15, 0.2) is 5.16 Å². The zero-order valence-electron chi connectivity index (χ0n) is 18.5. The van der Waals surface area contributed by atoms with Gasteiger partial charge in [0.1, 0.15) is 0 Å². The normalized spacial score (nSPS) is 12.3. The van der Waals surface area contributed by atoms with Crippen LogP contribution in [0, 0.1) is 5.92 Å². The fraction of sp³-hybridized carbons (Fsp3) is 0.400. The van der Waals surface area contributed by atoms with Crippen molar-refractivity contribution >= 4 is 28.6 Å². The summed E-state index contributed by atoms with van der Waals surface area (Å²) < 4.78 is 1.72. The van der Waals surface area contributed by atoms with Crippen molar-refractivity contribution in [3.8, 4) is 0 Å². The van der Waals surface area contributed by atoms with E-state index in [1.807, 2.05) is 49.4 Å². The maximum absolute atomic E-state index is 13.0. The SMILES string of the molecule is CC(C)CCn1c(SCC(=O)N[C@H](C)CCc2ccccc2)nc2ccccc2c1=O. The molecule has 0 saturated carbocycles.